The van der Waals surface area contributed by atoms with Crippen molar-refractivity contribution in [1.82, 2.24) is 25.3 Å². The van der Waals surface area contributed by atoms with Gasteiger partial charge in [0.05, 0.1) is 18.0 Å². The molecule has 6 nitrogen and oxygen atoms in total. The molecule has 2 heterocycles. The molecule has 3 N–H and O–H groups in total. The van der Waals surface area contributed by atoms with Gasteiger partial charge in [-0.25, -0.2) is 0 Å². The molecule has 0 amide bonds. The van der Waals surface area contributed by atoms with E-state index in [2.05, 4.69) is 97.7 Å². The summed E-state index contributed by atoms with van der Waals surface area (Å²) in [5, 5.41) is 22.5. The molecule has 1 fully saturated rings. The van der Waals surface area contributed by atoms with Crippen molar-refractivity contribution in [3.05, 3.63) is 65.4 Å². The molecule has 196 valence electrons. The van der Waals surface area contributed by atoms with Crippen molar-refractivity contribution in [3.63, 3.8) is 0 Å². The predicted octanol–water partition coefficient (Wildman–Crippen LogP) is 4.72. The fraction of sp³-hybridized carbons (Fsp3) is 0.567. The Balaban J connectivity index is 1.35. The van der Waals surface area contributed by atoms with E-state index in [4.69, 9.17) is 0 Å². The molecule has 0 spiro atoms. The van der Waals surface area contributed by atoms with Crippen molar-refractivity contribution in [2.75, 3.05) is 19.6 Å². The van der Waals surface area contributed by atoms with Crippen molar-refractivity contribution < 1.29 is 5.11 Å². The number of hydrogen-bond donors (Lipinski definition) is 3. The molecular weight excluding hydrogens is 446 g/mol. The van der Waals surface area contributed by atoms with Crippen molar-refractivity contribution in [2.45, 2.75) is 85.3 Å². The third kappa shape index (κ3) is 6.54. The van der Waals surface area contributed by atoms with E-state index in [0.717, 1.165) is 43.9 Å². The number of piperazine rings is 1. The van der Waals surface area contributed by atoms with Gasteiger partial charge in [-0.15, -0.1) is 0 Å². The van der Waals surface area contributed by atoms with Crippen LogP contribution in [0.5, 0.6) is 0 Å². The van der Waals surface area contributed by atoms with Crippen molar-refractivity contribution >= 4 is 0 Å². The second-order valence-electron chi connectivity index (χ2n) is 12.0. The van der Waals surface area contributed by atoms with E-state index in [1.54, 1.807) is 0 Å². The van der Waals surface area contributed by atoms with Crippen molar-refractivity contribution in [3.8, 4) is 11.3 Å². The summed E-state index contributed by atoms with van der Waals surface area (Å²) in [4.78, 5) is 2.57. The number of aromatic nitrogens is 2. The van der Waals surface area contributed by atoms with Crippen LogP contribution in [-0.2, 0) is 13.2 Å². The molecule has 6 heteroatoms. The van der Waals surface area contributed by atoms with Gasteiger partial charge in [0.25, 0.3) is 0 Å². The van der Waals surface area contributed by atoms with Crippen LogP contribution in [0.4, 0.5) is 0 Å². The molecule has 1 aromatic carbocycles. The maximum Gasteiger partial charge on any atom is 0.0911 e. The molecule has 3 atom stereocenters. The number of rotatable bonds is 8. The minimum absolute atomic E-state index is 0.0455. The highest BCUT2D eigenvalue weighted by atomic mass is 16.3. The first-order chi connectivity index (χ1) is 17.0. The van der Waals surface area contributed by atoms with Crippen LogP contribution in [0.2, 0.25) is 0 Å². The number of nitrogens with one attached hydrogen (secondary N) is 2. The molecule has 1 aromatic heterocycles. The van der Waals surface area contributed by atoms with Crippen LogP contribution in [0.25, 0.3) is 11.3 Å². The Labute approximate surface area is 217 Å². The van der Waals surface area contributed by atoms with Gasteiger partial charge in [-0.2, -0.15) is 5.10 Å². The largest absolute Gasteiger partial charge is 0.385 e. The minimum atomic E-state index is -0.755. The van der Waals surface area contributed by atoms with Gasteiger partial charge >= 0.3 is 0 Å². The standard InChI is InChI=1S/C30H45N5O/c1-22-19-34(23(2)18-32-22)20-25-8-7-9-26(16-25)27-12-15-33-35(27)21-31-14-11-24-10-13-30(6,36)28(17-24)29(3,4)5/h7-10,12,15-17,22-23,31-32,36H,11,13-14,18-21H2,1-6H3/t22?,23-,30?/m0/s1. The Morgan fingerprint density at radius 3 is 2.81 bits per heavy atom. The van der Waals surface area contributed by atoms with E-state index in [1.165, 1.54) is 16.7 Å². The fourth-order valence-corrected chi connectivity index (χ4v) is 5.54. The average molecular weight is 492 g/mol. The maximum absolute atomic E-state index is 10.8. The number of nitrogens with zero attached hydrogens (tertiary/aromatic N) is 3. The molecule has 0 bridgehead atoms. The highest BCUT2D eigenvalue weighted by Gasteiger charge is 2.35. The van der Waals surface area contributed by atoms with Crippen LogP contribution < -0.4 is 10.6 Å². The zero-order valence-electron chi connectivity index (χ0n) is 23.0. The third-order valence-corrected chi connectivity index (χ3v) is 7.55. The summed E-state index contributed by atoms with van der Waals surface area (Å²) in [7, 11) is 0. The zero-order chi connectivity index (χ0) is 25.9. The van der Waals surface area contributed by atoms with Crippen LogP contribution >= 0.6 is 0 Å². The predicted molar refractivity (Wildman–Crippen MR) is 148 cm³/mol. The Kier molecular flexibility index (Phi) is 8.20. The van der Waals surface area contributed by atoms with E-state index in [0.29, 0.717) is 25.2 Å². The molecule has 0 radical (unpaired) electrons. The third-order valence-electron chi connectivity index (χ3n) is 7.55. The maximum atomic E-state index is 10.8. The van der Waals surface area contributed by atoms with Crippen LogP contribution in [-0.4, -0.2) is 57.1 Å². The van der Waals surface area contributed by atoms with E-state index in [9.17, 15) is 5.11 Å². The van der Waals surface area contributed by atoms with E-state index in [-0.39, 0.29) is 5.41 Å². The fourth-order valence-electron chi connectivity index (χ4n) is 5.54. The van der Waals surface area contributed by atoms with Crippen LogP contribution in [0.1, 0.15) is 59.9 Å². The van der Waals surface area contributed by atoms with E-state index < -0.39 is 5.60 Å². The van der Waals surface area contributed by atoms with Crippen molar-refractivity contribution in [2.24, 2.45) is 5.41 Å². The first-order valence-electron chi connectivity index (χ1n) is 13.5. The Morgan fingerprint density at radius 1 is 1.22 bits per heavy atom. The molecule has 1 aliphatic carbocycles. The molecule has 2 unspecified atom stereocenters. The Morgan fingerprint density at radius 2 is 2.03 bits per heavy atom. The molecule has 2 aromatic rings. The SMILES string of the molecule is CC1CN(Cc2cccc(-c3ccnn3CNCCC3=CCC(C)(O)C(C(C)(C)C)=C3)c2)[C@@H](C)CN1. The van der Waals surface area contributed by atoms with Gasteiger partial charge in [-0.05, 0) is 62.3 Å². The van der Waals surface area contributed by atoms with E-state index in [1.807, 2.05) is 17.8 Å². The lowest BCUT2D eigenvalue weighted by atomic mass is 9.72. The van der Waals surface area contributed by atoms with Crippen LogP contribution in [0.15, 0.2) is 59.8 Å². The van der Waals surface area contributed by atoms with Gasteiger partial charge in [0.1, 0.15) is 0 Å². The van der Waals surface area contributed by atoms with Crippen molar-refractivity contribution in [1.29, 1.82) is 0 Å². The summed E-state index contributed by atoms with van der Waals surface area (Å²) >= 11 is 0. The lowest BCUT2D eigenvalue weighted by Crippen LogP contribution is -2.53. The molecule has 1 aliphatic heterocycles. The quantitative estimate of drug-likeness (QED) is 0.466. The average Bonchev–Trinajstić information content (AvgIpc) is 3.28. The first-order valence-corrected chi connectivity index (χ1v) is 13.5. The van der Waals surface area contributed by atoms with Gasteiger partial charge in [0.15, 0.2) is 0 Å². The Bertz CT molecular complexity index is 1090. The lowest BCUT2D eigenvalue weighted by Gasteiger charge is -2.37. The molecule has 1 saturated heterocycles. The second kappa shape index (κ2) is 11.0. The zero-order valence-corrected chi connectivity index (χ0v) is 23.0. The summed E-state index contributed by atoms with van der Waals surface area (Å²) in [6, 6.07) is 12.1. The molecule has 36 heavy (non-hydrogen) atoms. The molecule has 0 saturated carbocycles. The normalized spacial score (nSPS) is 25.5. The number of benzene rings is 1. The topological polar surface area (TPSA) is 65.4 Å². The highest BCUT2D eigenvalue weighted by molar-refractivity contribution is 5.60. The number of hydrogen-bond acceptors (Lipinski definition) is 5. The van der Waals surface area contributed by atoms with Crippen LogP contribution in [0.3, 0.4) is 0 Å². The van der Waals surface area contributed by atoms with E-state index >= 15 is 0 Å². The molecule has 4 rings (SSSR count). The summed E-state index contributed by atoms with van der Waals surface area (Å²) in [5.74, 6) is 0. The second-order valence-corrected chi connectivity index (χ2v) is 12.0. The van der Waals surface area contributed by atoms with Crippen LogP contribution in [0, 0.1) is 5.41 Å². The van der Waals surface area contributed by atoms with Gasteiger partial charge in [0, 0.05) is 50.0 Å². The summed E-state index contributed by atoms with van der Waals surface area (Å²) in [6.45, 7) is 17.6. The lowest BCUT2D eigenvalue weighted by molar-refractivity contribution is 0.0794. The van der Waals surface area contributed by atoms with Gasteiger partial charge < -0.3 is 10.4 Å². The summed E-state index contributed by atoms with van der Waals surface area (Å²) in [6.07, 6.45) is 7.88. The number of aliphatic hydroxyl groups is 1. The molecular formula is C30H45N5O. The number of allylic oxidation sites excluding steroid dienone is 1. The summed E-state index contributed by atoms with van der Waals surface area (Å²) in [5.41, 5.74) is 5.29. The highest BCUT2D eigenvalue weighted by Crippen LogP contribution is 2.40. The van der Waals surface area contributed by atoms with Gasteiger partial charge in [0.2, 0.25) is 0 Å². The Hall–Kier alpha value is -2.25. The minimum Gasteiger partial charge on any atom is -0.385 e. The molecule has 2 aliphatic rings. The first kappa shape index (κ1) is 26.8. The van der Waals surface area contributed by atoms with Gasteiger partial charge in [-0.1, -0.05) is 56.7 Å². The summed E-state index contributed by atoms with van der Waals surface area (Å²) < 4.78 is 2.05. The smallest absolute Gasteiger partial charge is 0.0911 e. The van der Waals surface area contributed by atoms with Gasteiger partial charge in [-0.3, -0.25) is 14.9 Å². The monoisotopic (exact) mass is 491 g/mol.